The lowest BCUT2D eigenvalue weighted by atomic mass is 10.3. The molecule has 3 N–H and O–H groups in total. The molecule has 0 aliphatic carbocycles. The van der Waals surface area contributed by atoms with E-state index in [-0.39, 0.29) is 6.10 Å². The smallest absolute Gasteiger partial charge is 0.188 e. The largest absolute Gasteiger partial charge is 0.493 e. The van der Waals surface area contributed by atoms with Gasteiger partial charge in [0.2, 0.25) is 0 Å². The second kappa shape index (κ2) is 6.62. The minimum atomic E-state index is -0.0356. The van der Waals surface area contributed by atoms with Crippen molar-refractivity contribution in [2.45, 2.75) is 13.0 Å². The normalized spacial score (nSPS) is 13.0. The Morgan fingerprint density at radius 3 is 2.65 bits per heavy atom. The van der Waals surface area contributed by atoms with E-state index in [9.17, 15) is 0 Å². The van der Waals surface area contributed by atoms with E-state index in [1.54, 1.807) is 14.2 Å². The van der Waals surface area contributed by atoms with Gasteiger partial charge in [-0.3, -0.25) is 4.99 Å². The number of methoxy groups -OCH3 is 1. The fourth-order valence-corrected chi connectivity index (χ4v) is 1.30. The van der Waals surface area contributed by atoms with Gasteiger partial charge in [0.25, 0.3) is 0 Å². The van der Waals surface area contributed by atoms with Crippen LogP contribution in [-0.4, -0.2) is 32.8 Å². The summed E-state index contributed by atoms with van der Waals surface area (Å²) in [5, 5.41) is 2.95. The summed E-state index contributed by atoms with van der Waals surface area (Å²) < 4.78 is 10.9. The molecule has 0 aliphatic rings. The van der Waals surface area contributed by atoms with Gasteiger partial charge in [-0.2, -0.15) is 0 Å². The van der Waals surface area contributed by atoms with Crippen LogP contribution in [0.2, 0.25) is 0 Å². The number of para-hydroxylation sites is 2. The van der Waals surface area contributed by atoms with Crippen molar-refractivity contribution in [3.05, 3.63) is 24.3 Å². The summed E-state index contributed by atoms with van der Waals surface area (Å²) in [4.78, 5) is 3.80. The molecule has 1 aromatic carbocycles. The number of guanidine groups is 1. The van der Waals surface area contributed by atoms with E-state index < -0.39 is 0 Å². The number of ether oxygens (including phenoxy) is 2. The van der Waals surface area contributed by atoms with Crippen LogP contribution in [0.25, 0.3) is 0 Å². The number of nitrogens with zero attached hydrogens (tertiary/aromatic N) is 1. The van der Waals surface area contributed by atoms with Crippen molar-refractivity contribution in [3.8, 4) is 11.5 Å². The Labute approximate surface area is 102 Å². The zero-order chi connectivity index (χ0) is 12.7. The summed E-state index contributed by atoms with van der Waals surface area (Å²) >= 11 is 0. The predicted octanol–water partition coefficient (Wildman–Crippen LogP) is 0.997. The topological polar surface area (TPSA) is 68.9 Å². The highest BCUT2D eigenvalue weighted by Gasteiger charge is 2.08. The van der Waals surface area contributed by atoms with Crippen LogP contribution >= 0.6 is 0 Å². The first kappa shape index (κ1) is 13.2. The van der Waals surface area contributed by atoms with E-state index in [2.05, 4.69) is 10.3 Å². The van der Waals surface area contributed by atoms with Crippen molar-refractivity contribution < 1.29 is 9.47 Å². The summed E-state index contributed by atoms with van der Waals surface area (Å²) in [7, 11) is 3.25. The molecule has 5 nitrogen and oxygen atoms in total. The average molecular weight is 237 g/mol. The number of nitrogens with two attached hydrogens (primary N) is 1. The third-order valence-corrected chi connectivity index (χ3v) is 2.21. The van der Waals surface area contributed by atoms with Crippen LogP contribution in [0, 0.1) is 0 Å². The highest BCUT2D eigenvalue weighted by atomic mass is 16.5. The second-order valence-electron chi connectivity index (χ2n) is 3.57. The molecule has 0 heterocycles. The highest BCUT2D eigenvalue weighted by Crippen LogP contribution is 2.26. The van der Waals surface area contributed by atoms with E-state index in [1.807, 2.05) is 31.2 Å². The average Bonchev–Trinajstić information content (AvgIpc) is 2.36. The molecule has 5 heteroatoms. The van der Waals surface area contributed by atoms with E-state index in [0.29, 0.717) is 12.5 Å². The van der Waals surface area contributed by atoms with Gasteiger partial charge >= 0.3 is 0 Å². The fourth-order valence-electron chi connectivity index (χ4n) is 1.30. The monoisotopic (exact) mass is 237 g/mol. The molecule has 1 atom stereocenters. The molecule has 0 bridgehead atoms. The SMILES string of the molecule is CN=C(N)NC[C@H](C)Oc1ccccc1OC. The maximum atomic E-state index is 5.73. The lowest BCUT2D eigenvalue weighted by molar-refractivity contribution is 0.214. The van der Waals surface area contributed by atoms with Gasteiger partial charge in [-0.15, -0.1) is 0 Å². The third-order valence-electron chi connectivity index (χ3n) is 2.21. The Hall–Kier alpha value is -1.91. The molecule has 94 valence electrons. The van der Waals surface area contributed by atoms with E-state index in [4.69, 9.17) is 15.2 Å². The van der Waals surface area contributed by atoms with Crippen molar-refractivity contribution in [1.29, 1.82) is 0 Å². The lowest BCUT2D eigenvalue weighted by Crippen LogP contribution is -2.38. The zero-order valence-electron chi connectivity index (χ0n) is 10.4. The molecule has 0 aromatic heterocycles. The molecule has 1 rings (SSSR count). The number of nitrogens with one attached hydrogen (secondary N) is 1. The Morgan fingerprint density at radius 2 is 2.06 bits per heavy atom. The van der Waals surface area contributed by atoms with Gasteiger partial charge in [-0.1, -0.05) is 12.1 Å². The standard InChI is InChI=1S/C12H19N3O2/c1-9(8-15-12(13)14-2)17-11-7-5-4-6-10(11)16-3/h4-7,9H,8H2,1-3H3,(H3,13,14,15)/t9-/m0/s1. The van der Waals surface area contributed by atoms with Crippen LogP contribution in [0.4, 0.5) is 0 Å². The minimum absolute atomic E-state index is 0.0356. The van der Waals surface area contributed by atoms with Crippen LogP contribution in [0.5, 0.6) is 11.5 Å². The van der Waals surface area contributed by atoms with Crippen LogP contribution in [0.1, 0.15) is 6.92 Å². The van der Waals surface area contributed by atoms with Crippen LogP contribution in [0.15, 0.2) is 29.3 Å². The first-order chi connectivity index (χ1) is 8.17. The molecular formula is C12H19N3O2. The van der Waals surface area contributed by atoms with Gasteiger partial charge in [0, 0.05) is 7.05 Å². The van der Waals surface area contributed by atoms with E-state index in [0.717, 1.165) is 11.5 Å². The number of hydrogen-bond acceptors (Lipinski definition) is 3. The van der Waals surface area contributed by atoms with Crippen LogP contribution in [-0.2, 0) is 0 Å². The summed E-state index contributed by atoms with van der Waals surface area (Å²) in [6, 6.07) is 7.53. The molecule has 0 fully saturated rings. The summed E-state index contributed by atoms with van der Waals surface area (Å²) in [5.41, 5.74) is 5.53. The van der Waals surface area contributed by atoms with Crippen molar-refractivity contribution in [2.24, 2.45) is 10.7 Å². The Bertz CT molecular complexity index is 380. The summed E-state index contributed by atoms with van der Waals surface area (Å²) in [6.45, 7) is 2.53. The molecule has 0 saturated carbocycles. The maximum absolute atomic E-state index is 5.73. The van der Waals surface area contributed by atoms with E-state index >= 15 is 0 Å². The molecule has 0 spiro atoms. The third kappa shape index (κ3) is 4.22. The van der Waals surface area contributed by atoms with Crippen molar-refractivity contribution in [2.75, 3.05) is 20.7 Å². The first-order valence-electron chi connectivity index (χ1n) is 5.43. The van der Waals surface area contributed by atoms with E-state index in [1.165, 1.54) is 0 Å². The maximum Gasteiger partial charge on any atom is 0.188 e. The Balaban J connectivity index is 2.52. The summed E-state index contributed by atoms with van der Waals surface area (Å²) in [6.07, 6.45) is -0.0356. The van der Waals surface area contributed by atoms with Crippen molar-refractivity contribution in [3.63, 3.8) is 0 Å². The Kier molecular flexibility index (Phi) is 5.13. The van der Waals surface area contributed by atoms with Crippen molar-refractivity contribution >= 4 is 5.96 Å². The molecule has 0 aliphatic heterocycles. The number of hydrogen-bond donors (Lipinski definition) is 2. The second-order valence-corrected chi connectivity index (χ2v) is 3.57. The highest BCUT2D eigenvalue weighted by molar-refractivity contribution is 5.77. The molecule has 1 aromatic rings. The molecule has 0 saturated heterocycles. The van der Waals surface area contributed by atoms with Gasteiger partial charge in [0.05, 0.1) is 13.7 Å². The first-order valence-corrected chi connectivity index (χ1v) is 5.43. The predicted molar refractivity (Wildman–Crippen MR) is 68.6 cm³/mol. The van der Waals surface area contributed by atoms with Gasteiger partial charge < -0.3 is 20.5 Å². The molecule has 0 radical (unpaired) electrons. The van der Waals surface area contributed by atoms with Gasteiger partial charge in [0.15, 0.2) is 17.5 Å². The molecular weight excluding hydrogens is 218 g/mol. The van der Waals surface area contributed by atoms with Gasteiger partial charge in [-0.05, 0) is 19.1 Å². The van der Waals surface area contributed by atoms with Crippen LogP contribution in [0.3, 0.4) is 0 Å². The van der Waals surface area contributed by atoms with Crippen molar-refractivity contribution in [1.82, 2.24) is 5.32 Å². The summed E-state index contributed by atoms with van der Waals surface area (Å²) in [5.74, 6) is 1.84. The van der Waals surface area contributed by atoms with Crippen LogP contribution < -0.4 is 20.5 Å². The number of aliphatic imine (C=N–C) groups is 1. The van der Waals surface area contributed by atoms with Gasteiger partial charge in [-0.25, -0.2) is 0 Å². The van der Waals surface area contributed by atoms with Gasteiger partial charge in [0.1, 0.15) is 6.10 Å². The zero-order valence-corrected chi connectivity index (χ0v) is 10.4. The number of benzene rings is 1. The molecule has 0 unspecified atom stereocenters. The number of rotatable bonds is 5. The quantitative estimate of drug-likeness (QED) is 0.592. The molecule has 17 heavy (non-hydrogen) atoms. The lowest BCUT2D eigenvalue weighted by Gasteiger charge is -2.17. The fraction of sp³-hybridized carbons (Fsp3) is 0.417. The minimum Gasteiger partial charge on any atom is -0.493 e. The molecule has 0 amide bonds. The Morgan fingerprint density at radius 1 is 1.41 bits per heavy atom.